The Kier molecular flexibility index (Phi) is 4.60. The Morgan fingerprint density at radius 1 is 0.880 bits per heavy atom. The van der Waals surface area contributed by atoms with Gasteiger partial charge in [-0.2, -0.15) is 0 Å². The average Bonchev–Trinajstić information content (AvgIpc) is 2.97. The number of likely N-dealkylation sites (tertiary alicyclic amines) is 1. The number of carbonyl (C=O) groups is 2. The molecule has 2 aliphatic heterocycles. The third kappa shape index (κ3) is 3.10. The number of imide groups is 1. The molecule has 4 heteroatoms. The van der Waals surface area contributed by atoms with Gasteiger partial charge in [0.25, 0.3) is 0 Å². The third-order valence-corrected chi connectivity index (χ3v) is 5.86. The Balaban J connectivity index is 1.58. The smallest absolute Gasteiger partial charge is 0.238 e. The van der Waals surface area contributed by atoms with E-state index in [-0.39, 0.29) is 23.7 Å². The van der Waals surface area contributed by atoms with Gasteiger partial charge in [0.1, 0.15) is 0 Å². The molecule has 3 aliphatic rings. The summed E-state index contributed by atoms with van der Waals surface area (Å²) >= 11 is 0. The highest BCUT2D eigenvalue weighted by Crippen LogP contribution is 2.40. The molecule has 2 atom stereocenters. The lowest BCUT2D eigenvalue weighted by atomic mass is 9.80. The zero-order valence-corrected chi connectivity index (χ0v) is 14.7. The van der Waals surface area contributed by atoms with Gasteiger partial charge in [0.2, 0.25) is 11.8 Å². The molecule has 1 aromatic rings. The van der Waals surface area contributed by atoms with Gasteiger partial charge < -0.3 is 4.90 Å². The first-order valence-corrected chi connectivity index (χ1v) is 9.62. The van der Waals surface area contributed by atoms with Crippen LogP contribution in [-0.4, -0.2) is 29.8 Å². The SMILES string of the molecule is O=C1C[C@H]([C@H]2CCCC=C2N2CCCCC2)C(=O)N1c1ccccc1. The maximum atomic E-state index is 13.1. The molecule has 2 heterocycles. The van der Waals surface area contributed by atoms with Crippen molar-refractivity contribution in [2.75, 3.05) is 18.0 Å². The number of piperidine rings is 1. The number of anilines is 1. The molecule has 2 amide bonds. The van der Waals surface area contributed by atoms with Crippen LogP contribution in [0.4, 0.5) is 5.69 Å². The molecule has 0 radical (unpaired) electrons. The Bertz CT molecular complexity index is 676. The Morgan fingerprint density at radius 2 is 1.64 bits per heavy atom. The van der Waals surface area contributed by atoms with E-state index in [1.807, 2.05) is 30.3 Å². The van der Waals surface area contributed by atoms with Gasteiger partial charge >= 0.3 is 0 Å². The van der Waals surface area contributed by atoms with Crippen LogP contribution in [0, 0.1) is 11.8 Å². The van der Waals surface area contributed by atoms with Gasteiger partial charge in [-0.25, -0.2) is 0 Å². The second kappa shape index (κ2) is 7.03. The molecule has 1 aromatic carbocycles. The van der Waals surface area contributed by atoms with E-state index in [4.69, 9.17) is 0 Å². The normalized spacial score (nSPS) is 27.6. The molecule has 2 fully saturated rings. The summed E-state index contributed by atoms with van der Waals surface area (Å²) in [5.41, 5.74) is 2.05. The summed E-state index contributed by atoms with van der Waals surface area (Å²) in [6.45, 7) is 2.19. The molecule has 2 saturated heterocycles. The minimum absolute atomic E-state index is 0.00832. The third-order valence-electron chi connectivity index (χ3n) is 5.86. The van der Waals surface area contributed by atoms with E-state index in [2.05, 4.69) is 11.0 Å². The summed E-state index contributed by atoms with van der Waals surface area (Å²) in [5, 5.41) is 0. The molecule has 4 nitrogen and oxygen atoms in total. The minimum atomic E-state index is -0.193. The van der Waals surface area contributed by atoms with Gasteiger partial charge in [-0.15, -0.1) is 0 Å². The standard InChI is InChI=1S/C21H26N2O2/c24-20-15-18(21(25)23(20)16-9-3-1-4-10-16)17-11-5-6-12-19(17)22-13-7-2-8-14-22/h1,3-4,9-10,12,17-18H,2,5-8,11,13-15H2/t17-,18-/m1/s1. The number of nitrogens with zero attached hydrogens (tertiary/aromatic N) is 2. The van der Waals surface area contributed by atoms with Crippen molar-refractivity contribution < 1.29 is 9.59 Å². The van der Waals surface area contributed by atoms with Crippen LogP contribution in [0.5, 0.6) is 0 Å². The monoisotopic (exact) mass is 338 g/mol. The molecule has 4 rings (SSSR count). The van der Waals surface area contributed by atoms with Crippen LogP contribution in [0.3, 0.4) is 0 Å². The van der Waals surface area contributed by atoms with Crippen molar-refractivity contribution in [1.29, 1.82) is 0 Å². The lowest BCUT2D eigenvalue weighted by Crippen LogP contribution is -2.38. The van der Waals surface area contributed by atoms with Crippen molar-refractivity contribution in [1.82, 2.24) is 4.90 Å². The van der Waals surface area contributed by atoms with Crippen molar-refractivity contribution in [2.24, 2.45) is 11.8 Å². The summed E-state index contributed by atoms with van der Waals surface area (Å²) in [5.74, 6) is -0.0472. The van der Waals surface area contributed by atoms with Gasteiger partial charge in [0, 0.05) is 31.1 Å². The molecule has 0 bridgehead atoms. The Labute approximate surface area is 149 Å². The lowest BCUT2D eigenvalue weighted by molar-refractivity contribution is -0.123. The van der Waals surface area contributed by atoms with Crippen molar-refractivity contribution in [3.05, 3.63) is 42.1 Å². The molecule has 0 spiro atoms. The zero-order valence-electron chi connectivity index (χ0n) is 14.7. The average molecular weight is 338 g/mol. The van der Waals surface area contributed by atoms with Gasteiger partial charge in [0.15, 0.2) is 0 Å². The fourth-order valence-corrected chi connectivity index (χ4v) is 4.63. The molecular formula is C21H26N2O2. The van der Waals surface area contributed by atoms with Crippen LogP contribution in [0.15, 0.2) is 42.1 Å². The molecule has 0 aromatic heterocycles. The largest absolute Gasteiger partial charge is 0.375 e. The van der Waals surface area contributed by atoms with Crippen molar-refractivity contribution in [2.45, 2.75) is 44.9 Å². The highest BCUT2D eigenvalue weighted by Gasteiger charge is 2.45. The number of carbonyl (C=O) groups excluding carboxylic acids is 2. The number of hydrogen-bond donors (Lipinski definition) is 0. The van der Waals surface area contributed by atoms with E-state index in [9.17, 15) is 9.59 Å². The van der Waals surface area contributed by atoms with E-state index in [0.717, 1.165) is 32.4 Å². The van der Waals surface area contributed by atoms with E-state index in [1.165, 1.54) is 29.9 Å². The van der Waals surface area contributed by atoms with Crippen molar-refractivity contribution in [3.8, 4) is 0 Å². The maximum absolute atomic E-state index is 13.1. The molecule has 0 N–H and O–H groups in total. The van der Waals surface area contributed by atoms with E-state index in [1.54, 1.807) is 0 Å². The molecule has 132 valence electrons. The van der Waals surface area contributed by atoms with Crippen LogP contribution < -0.4 is 4.90 Å². The summed E-state index contributed by atoms with van der Waals surface area (Å²) in [6, 6.07) is 9.36. The fraction of sp³-hybridized carbons (Fsp3) is 0.524. The van der Waals surface area contributed by atoms with Crippen molar-refractivity contribution in [3.63, 3.8) is 0 Å². The highest BCUT2D eigenvalue weighted by molar-refractivity contribution is 6.21. The predicted octanol–water partition coefficient (Wildman–Crippen LogP) is 3.74. The van der Waals surface area contributed by atoms with Gasteiger partial charge in [-0.3, -0.25) is 14.5 Å². The first-order chi connectivity index (χ1) is 12.3. The summed E-state index contributed by atoms with van der Waals surface area (Å²) in [6.07, 6.45) is 9.69. The van der Waals surface area contributed by atoms with Crippen LogP contribution in [-0.2, 0) is 9.59 Å². The summed E-state index contributed by atoms with van der Waals surface area (Å²) < 4.78 is 0. The Morgan fingerprint density at radius 3 is 2.40 bits per heavy atom. The molecule has 25 heavy (non-hydrogen) atoms. The van der Waals surface area contributed by atoms with Gasteiger partial charge in [-0.05, 0) is 50.7 Å². The topological polar surface area (TPSA) is 40.6 Å². The zero-order chi connectivity index (χ0) is 17.2. The summed E-state index contributed by atoms with van der Waals surface area (Å²) in [4.78, 5) is 29.6. The number of para-hydroxylation sites is 1. The first-order valence-electron chi connectivity index (χ1n) is 9.62. The number of hydrogen-bond acceptors (Lipinski definition) is 3. The molecule has 0 unspecified atom stereocenters. The number of benzene rings is 1. The van der Waals surface area contributed by atoms with E-state index >= 15 is 0 Å². The summed E-state index contributed by atoms with van der Waals surface area (Å²) in [7, 11) is 0. The maximum Gasteiger partial charge on any atom is 0.238 e. The fourth-order valence-electron chi connectivity index (χ4n) is 4.63. The van der Waals surface area contributed by atoms with E-state index < -0.39 is 0 Å². The minimum Gasteiger partial charge on any atom is -0.375 e. The van der Waals surface area contributed by atoms with Crippen LogP contribution in [0.25, 0.3) is 0 Å². The highest BCUT2D eigenvalue weighted by atomic mass is 16.2. The quantitative estimate of drug-likeness (QED) is 0.789. The first kappa shape index (κ1) is 16.4. The van der Waals surface area contributed by atoms with Crippen LogP contribution in [0.2, 0.25) is 0 Å². The number of amides is 2. The van der Waals surface area contributed by atoms with Gasteiger partial charge in [0.05, 0.1) is 11.6 Å². The lowest BCUT2D eigenvalue weighted by Gasteiger charge is -2.39. The predicted molar refractivity (Wildman–Crippen MR) is 97.9 cm³/mol. The van der Waals surface area contributed by atoms with E-state index in [0.29, 0.717) is 12.1 Å². The number of rotatable bonds is 3. The molecule has 0 saturated carbocycles. The van der Waals surface area contributed by atoms with Crippen molar-refractivity contribution >= 4 is 17.5 Å². The second-order valence-corrected chi connectivity index (χ2v) is 7.43. The second-order valence-electron chi connectivity index (χ2n) is 7.43. The molecule has 1 aliphatic carbocycles. The van der Waals surface area contributed by atoms with Gasteiger partial charge in [-0.1, -0.05) is 24.3 Å². The number of allylic oxidation sites excluding steroid dienone is 2. The van der Waals surface area contributed by atoms with Crippen LogP contribution >= 0.6 is 0 Å². The Hall–Kier alpha value is -2.10. The molecular weight excluding hydrogens is 312 g/mol. The van der Waals surface area contributed by atoms with Crippen LogP contribution in [0.1, 0.15) is 44.9 Å².